The number of hydrogen-bond acceptors (Lipinski definition) is 6. The number of benzene rings is 3. The first-order valence-electron chi connectivity index (χ1n) is 17.0. The molecule has 0 heterocycles. The van der Waals surface area contributed by atoms with E-state index in [1.807, 2.05) is 85.0 Å². The highest BCUT2D eigenvalue weighted by Gasteiger charge is 2.52. The van der Waals surface area contributed by atoms with Gasteiger partial charge in [0.25, 0.3) is 5.91 Å². The average molecular weight is 728 g/mol. The van der Waals surface area contributed by atoms with Crippen LogP contribution in [0, 0.1) is 0 Å². The Morgan fingerprint density at radius 2 is 1.42 bits per heavy atom. The summed E-state index contributed by atoms with van der Waals surface area (Å²) in [5, 5.41) is 19.1. The Morgan fingerprint density at radius 3 is 1.92 bits per heavy atom. The fraction of sp³-hybridized carbons (Fsp3) is 0.395. The molecule has 1 fully saturated rings. The second-order valence-corrected chi connectivity index (χ2v) is 12.4. The number of hydrogen-bond donors (Lipinski definition) is 6. The van der Waals surface area contributed by atoms with Gasteiger partial charge in [-0.2, -0.15) is 13.2 Å². The number of nitrogens with one attached hydrogen (secondary N) is 4. The Labute approximate surface area is 301 Å². The monoisotopic (exact) mass is 727 g/mol. The highest BCUT2D eigenvalue weighted by atomic mass is 19.4. The molecule has 7 N–H and O–H groups in total. The molecule has 282 valence electrons. The van der Waals surface area contributed by atoms with Gasteiger partial charge in [0.05, 0.1) is 12.6 Å². The van der Waals surface area contributed by atoms with E-state index in [4.69, 9.17) is 5.73 Å². The summed E-state index contributed by atoms with van der Waals surface area (Å²) in [6.45, 7) is 6.16. The Bertz CT molecular complexity index is 1570. The number of alkyl halides is 3. The molecule has 52 heavy (non-hydrogen) atoms. The topological polar surface area (TPSA) is 180 Å². The fourth-order valence-electron chi connectivity index (χ4n) is 4.87. The second kappa shape index (κ2) is 21.2. The third-order valence-corrected chi connectivity index (χ3v) is 7.71. The molecule has 0 radical (unpaired) electrons. The van der Waals surface area contributed by atoms with E-state index < -0.39 is 48.5 Å². The van der Waals surface area contributed by atoms with Gasteiger partial charge in [-0.15, -0.1) is 0 Å². The maximum absolute atomic E-state index is 12.5. The van der Waals surface area contributed by atoms with Crippen molar-refractivity contribution >= 4 is 30.0 Å². The molecule has 3 aromatic carbocycles. The number of amides is 5. The predicted molar refractivity (Wildman–Crippen MR) is 192 cm³/mol. The van der Waals surface area contributed by atoms with Crippen molar-refractivity contribution in [3.63, 3.8) is 0 Å². The maximum atomic E-state index is 12.5. The van der Waals surface area contributed by atoms with Gasteiger partial charge in [-0.3, -0.25) is 24.0 Å². The molecule has 0 aromatic heterocycles. The van der Waals surface area contributed by atoms with Crippen LogP contribution in [0.2, 0.25) is 0 Å². The molecule has 11 nitrogen and oxygen atoms in total. The van der Waals surface area contributed by atoms with E-state index in [2.05, 4.69) is 29.8 Å². The Kier molecular flexibility index (Phi) is 17.5. The summed E-state index contributed by atoms with van der Waals surface area (Å²) in [6, 6.07) is 25.6. The van der Waals surface area contributed by atoms with Gasteiger partial charge in [0.2, 0.25) is 24.1 Å². The van der Waals surface area contributed by atoms with E-state index in [0.29, 0.717) is 18.4 Å². The predicted octanol–water partition coefficient (Wildman–Crippen LogP) is 4.19. The van der Waals surface area contributed by atoms with Crippen LogP contribution in [-0.2, 0) is 25.6 Å². The molecule has 0 bridgehead atoms. The van der Waals surface area contributed by atoms with E-state index in [9.17, 15) is 42.3 Å². The van der Waals surface area contributed by atoms with Crippen LogP contribution in [0.3, 0.4) is 0 Å². The quantitative estimate of drug-likeness (QED) is 0.128. The summed E-state index contributed by atoms with van der Waals surface area (Å²) in [7, 11) is 0. The van der Waals surface area contributed by atoms with E-state index >= 15 is 0 Å². The van der Waals surface area contributed by atoms with Crippen molar-refractivity contribution in [2.45, 2.75) is 89.2 Å². The smallest absolute Gasteiger partial charge is 0.382 e. The van der Waals surface area contributed by atoms with Gasteiger partial charge in [-0.25, -0.2) is 0 Å². The summed E-state index contributed by atoms with van der Waals surface area (Å²) in [5.74, 6) is -2.13. The molecule has 4 rings (SSSR count). The lowest BCUT2D eigenvalue weighted by Gasteiger charge is -2.27. The van der Waals surface area contributed by atoms with Crippen molar-refractivity contribution in [2.24, 2.45) is 5.73 Å². The molecule has 2 unspecified atom stereocenters. The van der Waals surface area contributed by atoms with Crippen molar-refractivity contribution in [2.75, 3.05) is 6.54 Å². The standard InChI is InChI=1S/C24H24N2O2.C11H16F3N3O4.C3H8/c1-18(16-19-8-4-2-5-9-19)26-23(27)17-25-24(28)22-14-12-21(13-15-22)20-10-6-3-7-11-20;12-11(13,14)8(20)6(1-2-7(15)19)17-9(21)10(3-4-10)16-5-18;1-3-2/h2-15,18H,16-17H2,1H3,(H,25,28)(H,26,27);5-6,8,20H,1-4H2,(H2,15,19)(H,16,18)(H,17,21);3H2,1-2H3/t18-;;/m1../s1. The van der Waals surface area contributed by atoms with Crippen molar-refractivity contribution < 1.29 is 42.3 Å². The SMILES string of the molecule is CCC.C[C@H](Cc1ccccc1)NC(=O)CNC(=O)c1ccc(-c2ccccc2)cc1.NC(=O)CCC(NC(=O)C1(NC=O)CC1)C(O)C(F)(F)F. The minimum atomic E-state index is -4.95. The number of nitrogens with two attached hydrogens (primary N) is 1. The lowest BCUT2D eigenvalue weighted by molar-refractivity contribution is -0.212. The third kappa shape index (κ3) is 14.9. The minimum Gasteiger partial charge on any atom is -0.382 e. The van der Waals surface area contributed by atoms with Crippen molar-refractivity contribution in [1.82, 2.24) is 21.3 Å². The normalized spacial score (nSPS) is 14.3. The molecule has 1 aliphatic rings. The molecule has 3 aromatic rings. The number of carbonyl (C=O) groups excluding carboxylic acids is 5. The van der Waals surface area contributed by atoms with Gasteiger partial charge in [-0.05, 0) is 61.4 Å². The van der Waals surface area contributed by atoms with Gasteiger partial charge >= 0.3 is 6.18 Å². The molecular weight excluding hydrogens is 679 g/mol. The Morgan fingerprint density at radius 1 is 0.885 bits per heavy atom. The first-order valence-corrected chi connectivity index (χ1v) is 17.0. The summed E-state index contributed by atoms with van der Waals surface area (Å²) < 4.78 is 37.6. The van der Waals surface area contributed by atoms with Crippen LogP contribution in [0.25, 0.3) is 11.1 Å². The van der Waals surface area contributed by atoms with Gasteiger partial charge in [0.15, 0.2) is 6.10 Å². The summed E-state index contributed by atoms with van der Waals surface area (Å²) >= 11 is 0. The number of aliphatic hydroxyl groups excluding tert-OH is 1. The first-order chi connectivity index (χ1) is 24.6. The maximum Gasteiger partial charge on any atom is 0.416 e. The van der Waals surface area contributed by atoms with E-state index in [-0.39, 0.29) is 30.8 Å². The van der Waals surface area contributed by atoms with Crippen LogP contribution >= 0.6 is 0 Å². The number of primary amides is 1. The van der Waals surface area contributed by atoms with Gasteiger partial charge in [0.1, 0.15) is 5.54 Å². The fourth-order valence-corrected chi connectivity index (χ4v) is 4.87. The highest BCUT2D eigenvalue weighted by molar-refractivity contribution is 5.97. The molecule has 1 aliphatic carbocycles. The van der Waals surface area contributed by atoms with E-state index in [1.165, 1.54) is 6.42 Å². The van der Waals surface area contributed by atoms with Crippen molar-refractivity contribution in [1.29, 1.82) is 0 Å². The van der Waals surface area contributed by atoms with Crippen LogP contribution in [0.15, 0.2) is 84.9 Å². The first kappa shape index (κ1) is 42.9. The molecule has 3 atom stereocenters. The Hall–Kier alpha value is -5.24. The highest BCUT2D eigenvalue weighted by Crippen LogP contribution is 2.35. The molecule has 0 spiro atoms. The van der Waals surface area contributed by atoms with Crippen molar-refractivity contribution in [3.8, 4) is 11.1 Å². The molecular formula is C38H48F3N5O6. The lowest BCUT2D eigenvalue weighted by Crippen LogP contribution is -2.55. The zero-order valence-electron chi connectivity index (χ0n) is 29.5. The molecule has 1 saturated carbocycles. The number of carbonyl (C=O) groups is 5. The van der Waals surface area contributed by atoms with E-state index in [1.54, 1.807) is 12.1 Å². The summed E-state index contributed by atoms with van der Waals surface area (Å²) in [5.41, 5.74) is 7.47. The van der Waals surface area contributed by atoms with Crippen LogP contribution in [-0.4, -0.2) is 71.6 Å². The summed E-state index contributed by atoms with van der Waals surface area (Å²) in [4.78, 5) is 57.3. The molecule has 14 heteroatoms. The van der Waals surface area contributed by atoms with E-state index in [0.717, 1.165) is 23.1 Å². The molecule has 0 saturated heterocycles. The van der Waals surface area contributed by atoms with Crippen LogP contribution in [0.5, 0.6) is 0 Å². The zero-order valence-corrected chi connectivity index (χ0v) is 29.5. The minimum absolute atomic E-state index is 0.00282. The zero-order chi connectivity index (χ0) is 38.7. The number of halogens is 3. The van der Waals surface area contributed by atoms with Crippen LogP contribution in [0.4, 0.5) is 13.2 Å². The van der Waals surface area contributed by atoms with Crippen LogP contribution < -0.4 is 27.0 Å². The number of aliphatic hydroxyl groups is 1. The molecule has 0 aliphatic heterocycles. The average Bonchev–Trinajstić information content (AvgIpc) is 3.90. The summed E-state index contributed by atoms with van der Waals surface area (Å²) in [6.07, 6.45) is -5.79. The Balaban J connectivity index is 0.000000348. The number of rotatable bonds is 15. The van der Waals surface area contributed by atoms with Crippen LogP contribution in [0.1, 0.15) is 68.8 Å². The third-order valence-electron chi connectivity index (χ3n) is 7.71. The second-order valence-electron chi connectivity index (χ2n) is 12.4. The molecule has 5 amide bonds. The van der Waals surface area contributed by atoms with Gasteiger partial charge in [-0.1, -0.05) is 93.1 Å². The van der Waals surface area contributed by atoms with Gasteiger partial charge in [0, 0.05) is 18.0 Å². The van der Waals surface area contributed by atoms with Crippen molar-refractivity contribution in [3.05, 3.63) is 96.1 Å². The van der Waals surface area contributed by atoms with Gasteiger partial charge < -0.3 is 32.1 Å². The largest absolute Gasteiger partial charge is 0.416 e. The lowest BCUT2D eigenvalue weighted by atomic mass is 10.0.